The third-order valence-electron chi connectivity index (χ3n) is 2.58. The molecule has 1 aromatic rings. The Morgan fingerprint density at radius 1 is 1.40 bits per heavy atom. The highest BCUT2D eigenvalue weighted by molar-refractivity contribution is 7.98. The van der Waals surface area contributed by atoms with E-state index in [-0.39, 0.29) is 5.56 Å². The van der Waals surface area contributed by atoms with Crippen LogP contribution in [0.25, 0.3) is 0 Å². The molecule has 20 heavy (non-hydrogen) atoms. The minimum Gasteiger partial charge on any atom is -0.467 e. The van der Waals surface area contributed by atoms with E-state index in [0.29, 0.717) is 18.2 Å². The summed E-state index contributed by atoms with van der Waals surface area (Å²) < 4.78 is 30.8. The van der Waals surface area contributed by atoms with Gasteiger partial charge in [-0.1, -0.05) is 0 Å². The Hall–Kier alpha value is -1.63. The molecule has 4 nitrogen and oxygen atoms in total. The maximum atomic E-state index is 13.5. The van der Waals surface area contributed by atoms with Gasteiger partial charge in [0.15, 0.2) is 0 Å². The van der Waals surface area contributed by atoms with E-state index in [0.717, 1.165) is 12.1 Å². The highest BCUT2D eigenvalue weighted by atomic mass is 32.2. The first-order chi connectivity index (χ1) is 9.49. The van der Waals surface area contributed by atoms with Gasteiger partial charge in [-0.3, -0.25) is 4.79 Å². The number of thioether (sulfide) groups is 1. The number of hydrogen-bond acceptors (Lipinski definition) is 4. The van der Waals surface area contributed by atoms with Gasteiger partial charge in [-0.25, -0.2) is 13.6 Å². The molecule has 1 amide bonds. The van der Waals surface area contributed by atoms with Gasteiger partial charge in [-0.15, -0.1) is 0 Å². The average Bonchev–Trinajstić information content (AvgIpc) is 2.42. The van der Waals surface area contributed by atoms with Crippen LogP contribution in [0.2, 0.25) is 0 Å². The lowest BCUT2D eigenvalue weighted by Gasteiger charge is -2.16. The summed E-state index contributed by atoms with van der Waals surface area (Å²) >= 11 is 1.50. The van der Waals surface area contributed by atoms with Crippen molar-refractivity contribution in [2.45, 2.75) is 12.5 Å². The fraction of sp³-hybridized carbons (Fsp3) is 0.385. The number of ether oxygens (including phenoxy) is 1. The Morgan fingerprint density at radius 2 is 2.10 bits per heavy atom. The normalized spacial score (nSPS) is 11.8. The number of methoxy groups -OCH3 is 1. The maximum Gasteiger partial charge on any atom is 0.328 e. The Kier molecular flexibility index (Phi) is 6.44. The smallest absolute Gasteiger partial charge is 0.328 e. The quantitative estimate of drug-likeness (QED) is 0.817. The SMILES string of the molecule is COC(=O)[C@H](CCSC)NC(=O)c1ccc(F)cc1F. The summed E-state index contributed by atoms with van der Waals surface area (Å²) in [6.45, 7) is 0. The molecule has 0 saturated carbocycles. The topological polar surface area (TPSA) is 55.4 Å². The van der Waals surface area contributed by atoms with Gasteiger partial charge in [0.05, 0.1) is 12.7 Å². The first kappa shape index (κ1) is 16.4. The van der Waals surface area contributed by atoms with Crippen molar-refractivity contribution in [3.05, 3.63) is 35.4 Å². The van der Waals surface area contributed by atoms with Crippen LogP contribution in [0.5, 0.6) is 0 Å². The molecule has 1 aromatic carbocycles. The van der Waals surface area contributed by atoms with E-state index in [1.807, 2.05) is 6.26 Å². The van der Waals surface area contributed by atoms with Crippen LogP contribution in [0.4, 0.5) is 8.78 Å². The predicted octanol–water partition coefficient (Wildman–Crippen LogP) is 1.99. The molecule has 1 rings (SSSR count). The van der Waals surface area contributed by atoms with Crippen LogP contribution >= 0.6 is 11.8 Å². The van der Waals surface area contributed by atoms with Crippen molar-refractivity contribution in [1.29, 1.82) is 0 Å². The van der Waals surface area contributed by atoms with Gasteiger partial charge in [0.25, 0.3) is 5.91 Å². The summed E-state index contributed by atoms with van der Waals surface area (Å²) in [6.07, 6.45) is 2.22. The highest BCUT2D eigenvalue weighted by Crippen LogP contribution is 2.11. The van der Waals surface area contributed by atoms with Crippen molar-refractivity contribution in [2.75, 3.05) is 19.1 Å². The summed E-state index contributed by atoms with van der Waals surface area (Å²) in [5.74, 6) is -2.50. The monoisotopic (exact) mass is 303 g/mol. The van der Waals surface area contributed by atoms with Crippen LogP contribution in [-0.2, 0) is 9.53 Å². The highest BCUT2D eigenvalue weighted by Gasteiger charge is 2.23. The molecule has 1 N–H and O–H groups in total. The maximum absolute atomic E-state index is 13.5. The first-order valence-electron chi connectivity index (χ1n) is 5.82. The van der Waals surface area contributed by atoms with Crippen molar-refractivity contribution in [2.24, 2.45) is 0 Å². The molecule has 0 aliphatic rings. The molecule has 1 atom stereocenters. The van der Waals surface area contributed by atoms with Crippen LogP contribution in [0, 0.1) is 11.6 Å². The number of benzene rings is 1. The van der Waals surface area contributed by atoms with Gasteiger partial charge in [-0.05, 0) is 30.6 Å². The molecule has 0 saturated heterocycles. The number of esters is 1. The molecule has 0 aliphatic carbocycles. The number of amides is 1. The number of nitrogens with one attached hydrogen (secondary N) is 1. The zero-order valence-corrected chi connectivity index (χ0v) is 11.9. The van der Waals surface area contributed by atoms with E-state index < -0.39 is 29.6 Å². The largest absolute Gasteiger partial charge is 0.467 e. The van der Waals surface area contributed by atoms with Crippen molar-refractivity contribution in [1.82, 2.24) is 5.32 Å². The van der Waals surface area contributed by atoms with E-state index in [9.17, 15) is 18.4 Å². The summed E-state index contributed by atoms with van der Waals surface area (Å²) in [6, 6.07) is 1.77. The molecule has 110 valence electrons. The molecule has 7 heteroatoms. The third kappa shape index (κ3) is 4.48. The Bertz CT molecular complexity index is 497. The van der Waals surface area contributed by atoms with E-state index in [4.69, 9.17) is 0 Å². The summed E-state index contributed by atoms with van der Waals surface area (Å²) in [5, 5.41) is 2.39. The minimum atomic E-state index is -0.976. The van der Waals surface area contributed by atoms with Crippen molar-refractivity contribution < 1.29 is 23.1 Å². The van der Waals surface area contributed by atoms with Crippen molar-refractivity contribution >= 4 is 23.6 Å². The first-order valence-corrected chi connectivity index (χ1v) is 7.21. The fourth-order valence-electron chi connectivity index (χ4n) is 1.54. The molecule has 0 radical (unpaired) electrons. The Balaban J connectivity index is 2.81. The third-order valence-corrected chi connectivity index (χ3v) is 3.22. The molecule has 0 bridgehead atoms. The zero-order chi connectivity index (χ0) is 15.1. The molecular weight excluding hydrogens is 288 g/mol. The van der Waals surface area contributed by atoms with Gasteiger partial charge in [0.2, 0.25) is 0 Å². The van der Waals surface area contributed by atoms with Gasteiger partial charge < -0.3 is 10.1 Å². The van der Waals surface area contributed by atoms with E-state index in [1.165, 1.54) is 18.9 Å². The molecule has 0 heterocycles. The molecule has 0 aliphatic heterocycles. The lowest BCUT2D eigenvalue weighted by atomic mass is 10.1. The predicted molar refractivity (Wildman–Crippen MR) is 72.6 cm³/mol. The molecule has 0 fully saturated rings. The number of halogens is 2. The standard InChI is InChI=1S/C13H15F2NO3S/c1-19-13(18)11(5-6-20-2)16-12(17)9-4-3-8(14)7-10(9)15/h3-4,7,11H,5-6H2,1-2H3,(H,16,17)/t11-/m0/s1. The second-order valence-electron chi connectivity index (χ2n) is 3.95. The van der Waals surface area contributed by atoms with Crippen LogP contribution in [0.1, 0.15) is 16.8 Å². The van der Waals surface area contributed by atoms with Crippen molar-refractivity contribution in [3.63, 3.8) is 0 Å². The second-order valence-corrected chi connectivity index (χ2v) is 4.94. The molecule has 0 unspecified atom stereocenters. The van der Waals surface area contributed by atoms with Gasteiger partial charge >= 0.3 is 5.97 Å². The van der Waals surface area contributed by atoms with E-state index >= 15 is 0 Å². The van der Waals surface area contributed by atoms with Crippen LogP contribution in [0.15, 0.2) is 18.2 Å². The number of rotatable bonds is 6. The summed E-state index contributed by atoms with van der Waals surface area (Å²) in [7, 11) is 1.21. The van der Waals surface area contributed by atoms with Crippen LogP contribution in [0.3, 0.4) is 0 Å². The van der Waals surface area contributed by atoms with Crippen LogP contribution in [-0.4, -0.2) is 37.0 Å². The average molecular weight is 303 g/mol. The van der Waals surface area contributed by atoms with E-state index in [1.54, 1.807) is 0 Å². The lowest BCUT2D eigenvalue weighted by Crippen LogP contribution is -2.42. The van der Waals surface area contributed by atoms with E-state index in [2.05, 4.69) is 10.1 Å². The molecular formula is C13H15F2NO3S. The number of hydrogen-bond donors (Lipinski definition) is 1. The summed E-state index contributed by atoms with van der Waals surface area (Å²) in [4.78, 5) is 23.4. The van der Waals surface area contributed by atoms with Crippen molar-refractivity contribution in [3.8, 4) is 0 Å². The van der Waals surface area contributed by atoms with Gasteiger partial charge in [0, 0.05) is 6.07 Å². The molecule has 0 aromatic heterocycles. The summed E-state index contributed by atoms with van der Waals surface area (Å²) in [5.41, 5.74) is -0.315. The minimum absolute atomic E-state index is 0.315. The van der Waals surface area contributed by atoms with Crippen LogP contribution < -0.4 is 5.32 Å². The lowest BCUT2D eigenvalue weighted by molar-refractivity contribution is -0.142. The van der Waals surface area contributed by atoms with Gasteiger partial charge in [0.1, 0.15) is 17.7 Å². The Morgan fingerprint density at radius 3 is 2.65 bits per heavy atom. The van der Waals surface area contributed by atoms with Gasteiger partial charge in [-0.2, -0.15) is 11.8 Å². The Labute approximate surface area is 119 Å². The number of carbonyl (C=O) groups excluding carboxylic acids is 2. The molecule has 0 spiro atoms. The fourth-order valence-corrected chi connectivity index (χ4v) is 2.01. The number of carbonyl (C=O) groups is 2. The second kappa shape index (κ2) is 7.84. The zero-order valence-electron chi connectivity index (χ0n) is 11.1.